The lowest BCUT2D eigenvalue weighted by Crippen LogP contribution is -2.45. The van der Waals surface area contributed by atoms with Crippen molar-refractivity contribution in [1.82, 2.24) is 9.88 Å². The van der Waals surface area contributed by atoms with Gasteiger partial charge in [-0.15, -0.1) is 0 Å². The molecule has 2 rings (SSSR count). The van der Waals surface area contributed by atoms with E-state index in [-0.39, 0.29) is 12.5 Å². The van der Waals surface area contributed by atoms with Crippen LogP contribution >= 0.6 is 12.2 Å². The first-order valence-corrected chi connectivity index (χ1v) is 7.23. The molecule has 2 heterocycles. The predicted octanol–water partition coefficient (Wildman–Crippen LogP) is 0.502. The van der Waals surface area contributed by atoms with Gasteiger partial charge in [-0.3, -0.25) is 9.78 Å². The van der Waals surface area contributed by atoms with Gasteiger partial charge in [0.15, 0.2) is 6.10 Å². The molecule has 1 unspecified atom stereocenters. The van der Waals surface area contributed by atoms with Crippen LogP contribution in [0, 0.1) is 0 Å². The Morgan fingerprint density at radius 1 is 1.52 bits per heavy atom. The molecule has 6 nitrogen and oxygen atoms in total. The topological polar surface area (TPSA) is 77.7 Å². The summed E-state index contributed by atoms with van der Waals surface area (Å²) in [4.78, 5) is 18.7. The first-order valence-electron chi connectivity index (χ1n) is 6.82. The Hall–Kier alpha value is -1.57. The van der Waals surface area contributed by atoms with Crippen molar-refractivity contribution in [3.8, 4) is 0 Å². The zero-order valence-electron chi connectivity index (χ0n) is 11.7. The fourth-order valence-electron chi connectivity index (χ4n) is 2.06. The maximum atomic E-state index is 12.5. The quantitative estimate of drug-likeness (QED) is 0.771. The summed E-state index contributed by atoms with van der Waals surface area (Å²) in [6.45, 7) is 2.17. The summed E-state index contributed by atoms with van der Waals surface area (Å²) in [6, 6.07) is 3.76. The number of nitrogens with zero attached hydrogens (tertiary/aromatic N) is 2. The predicted molar refractivity (Wildman–Crippen MR) is 81.6 cm³/mol. The van der Waals surface area contributed by atoms with E-state index in [1.165, 1.54) is 0 Å². The van der Waals surface area contributed by atoms with Gasteiger partial charge in [0.25, 0.3) is 5.91 Å². The Balaban J connectivity index is 2.03. The van der Waals surface area contributed by atoms with Gasteiger partial charge in [-0.2, -0.15) is 0 Å². The molecule has 1 saturated heterocycles. The molecule has 0 radical (unpaired) electrons. The highest BCUT2D eigenvalue weighted by molar-refractivity contribution is 7.80. The first kappa shape index (κ1) is 15.8. The van der Waals surface area contributed by atoms with Crippen LogP contribution in [0.25, 0.3) is 0 Å². The molecule has 114 valence electrons. The van der Waals surface area contributed by atoms with Crippen molar-refractivity contribution in [1.29, 1.82) is 0 Å². The second-order valence-electron chi connectivity index (χ2n) is 4.77. The van der Waals surface area contributed by atoms with Crippen LogP contribution < -0.4 is 5.73 Å². The lowest BCUT2D eigenvalue weighted by molar-refractivity contribution is -0.158. The summed E-state index contributed by atoms with van der Waals surface area (Å²) in [5.74, 6) is -0.102. The van der Waals surface area contributed by atoms with Crippen molar-refractivity contribution >= 4 is 23.1 Å². The van der Waals surface area contributed by atoms with Crippen LogP contribution in [0.15, 0.2) is 24.5 Å². The lowest BCUT2D eigenvalue weighted by atomic mass is 10.2. The second-order valence-corrected chi connectivity index (χ2v) is 5.30. The minimum absolute atomic E-state index is 0.102. The Morgan fingerprint density at radius 2 is 2.38 bits per heavy atom. The molecule has 1 aromatic heterocycles. The SMILES string of the molecule is NC(=S)CCN(Cc1cccnc1)C(=O)C1COCCO1. The minimum Gasteiger partial charge on any atom is -0.393 e. The molecule has 1 fully saturated rings. The molecule has 1 aromatic rings. The zero-order chi connectivity index (χ0) is 15.1. The number of carbonyl (C=O) groups is 1. The Morgan fingerprint density at radius 3 is 3.00 bits per heavy atom. The van der Waals surface area contributed by atoms with Gasteiger partial charge in [0.2, 0.25) is 0 Å². The van der Waals surface area contributed by atoms with Crippen LogP contribution in [0.3, 0.4) is 0 Å². The number of amides is 1. The van der Waals surface area contributed by atoms with Gasteiger partial charge in [-0.05, 0) is 11.6 Å². The molecular formula is C14H19N3O3S. The molecule has 21 heavy (non-hydrogen) atoms. The summed E-state index contributed by atoms with van der Waals surface area (Å²) in [6.07, 6.45) is 3.36. The third-order valence-corrected chi connectivity index (χ3v) is 3.33. The molecule has 0 saturated carbocycles. The fraction of sp³-hybridized carbons (Fsp3) is 0.500. The number of hydrogen-bond acceptors (Lipinski definition) is 5. The molecule has 1 atom stereocenters. The molecule has 0 aromatic carbocycles. The number of pyridine rings is 1. The maximum Gasteiger partial charge on any atom is 0.254 e. The Kier molecular flexibility index (Phi) is 6.04. The number of carbonyl (C=O) groups excluding carboxylic acids is 1. The van der Waals surface area contributed by atoms with Gasteiger partial charge in [-0.1, -0.05) is 18.3 Å². The van der Waals surface area contributed by atoms with E-state index < -0.39 is 6.10 Å². The third-order valence-electron chi connectivity index (χ3n) is 3.13. The van der Waals surface area contributed by atoms with E-state index in [2.05, 4.69) is 4.98 Å². The van der Waals surface area contributed by atoms with E-state index >= 15 is 0 Å². The number of aromatic nitrogens is 1. The number of ether oxygens (including phenoxy) is 2. The van der Waals surface area contributed by atoms with Crippen molar-refractivity contribution < 1.29 is 14.3 Å². The van der Waals surface area contributed by atoms with Crippen LogP contribution in [0.1, 0.15) is 12.0 Å². The Bertz CT molecular complexity index is 478. The van der Waals surface area contributed by atoms with Gasteiger partial charge in [-0.25, -0.2) is 0 Å². The van der Waals surface area contributed by atoms with Crippen molar-refractivity contribution in [2.75, 3.05) is 26.4 Å². The smallest absolute Gasteiger partial charge is 0.254 e. The highest BCUT2D eigenvalue weighted by Gasteiger charge is 2.27. The lowest BCUT2D eigenvalue weighted by Gasteiger charge is -2.29. The third kappa shape index (κ3) is 5.04. The molecular weight excluding hydrogens is 290 g/mol. The van der Waals surface area contributed by atoms with Gasteiger partial charge >= 0.3 is 0 Å². The summed E-state index contributed by atoms with van der Waals surface area (Å²) in [5.41, 5.74) is 6.49. The van der Waals surface area contributed by atoms with Gasteiger partial charge in [0, 0.05) is 31.9 Å². The largest absolute Gasteiger partial charge is 0.393 e. The molecule has 0 bridgehead atoms. The Labute approximate surface area is 129 Å². The average Bonchev–Trinajstić information content (AvgIpc) is 2.52. The van der Waals surface area contributed by atoms with Crippen LogP contribution in [-0.4, -0.2) is 53.2 Å². The van der Waals surface area contributed by atoms with E-state index in [1.54, 1.807) is 17.3 Å². The number of thiocarbonyl (C=S) groups is 1. The van der Waals surface area contributed by atoms with Crippen molar-refractivity contribution in [3.63, 3.8) is 0 Å². The van der Waals surface area contributed by atoms with E-state index in [9.17, 15) is 4.79 Å². The minimum atomic E-state index is -0.554. The van der Waals surface area contributed by atoms with Gasteiger partial charge in [0.05, 0.1) is 24.8 Å². The van der Waals surface area contributed by atoms with Crippen LogP contribution in [0.4, 0.5) is 0 Å². The molecule has 1 aliphatic heterocycles. The number of rotatable bonds is 6. The van der Waals surface area contributed by atoms with E-state index in [0.717, 1.165) is 5.56 Å². The zero-order valence-corrected chi connectivity index (χ0v) is 12.6. The highest BCUT2D eigenvalue weighted by Crippen LogP contribution is 2.10. The number of hydrogen-bond donors (Lipinski definition) is 1. The summed E-state index contributed by atoms with van der Waals surface area (Å²) < 4.78 is 10.8. The van der Waals surface area contributed by atoms with Crippen molar-refractivity contribution in [2.24, 2.45) is 5.73 Å². The van der Waals surface area contributed by atoms with Gasteiger partial charge in [0.1, 0.15) is 0 Å². The molecule has 0 spiro atoms. The van der Waals surface area contributed by atoms with E-state index in [0.29, 0.717) is 37.7 Å². The first-order chi connectivity index (χ1) is 10.2. The molecule has 0 aliphatic carbocycles. The molecule has 2 N–H and O–H groups in total. The normalized spacial score (nSPS) is 18.2. The van der Waals surface area contributed by atoms with E-state index in [1.807, 2.05) is 12.1 Å². The molecule has 1 amide bonds. The summed E-state index contributed by atoms with van der Waals surface area (Å²) >= 11 is 4.89. The second kappa shape index (κ2) is 8.02. The monoisotopic (exact) mass is 309 g/mol. The van der Waals surface area contributed by atoms with E-state index in [4.69, 9.17) is 27.4 Å². The maximum absolute atomic E-state index is 12.5. The average molecular weight is 309 g/mol. The highest BCUT2D eigenvalue weighted by atomic mass is 32.1. The molecule has 7 heteroatoms. The van der Waals surface area contributed by atoms with Crippen LogP contribution in [0.2, 0.25) is 0 Å². The molecule has 1 aliphatic rings. The fourth-order valence-corrected chi connectivity index (χ4v) is 2.15. The summed E-state index contributed by atoms with van der Waals surface area (Å²) in [7, 11) is 0. The van der Waals surface area contributed by atoms with Crippen molar-refractivity contribution in [2.45, 2.75) is 19.1 Å². The summed E-state index contributed by atoms with van der Waals surface area (Å²) in [5, 5.41) is 0. The van der Waals surface area contributed by atoms with Crippen LogP contribution in [0.5, 0.6) is 0 Å². The van der Waals surface area contributed by atoms with Crippen LogP contribution in [-0.2, 0) is 20.8 Å². The number of nitrogens with two attached hydrogens (primary N) is 1. The van der Waals surface area contributed by atoms with Gasteiger partial charge < -0.3 is 20.1 Å². The standard InChI is InChI=1S/C14H19N3O3S/c15-13(21)3-5-17(9-11-2-1-4-16-8-11)14(18)12-10-19-6-7-20-12/h1-2,4,8,12H,3,5-7,9-10H2,(H2,15,21). The van der Waals surface area contributed by atoms with Crippen molar-refractivity contribution in [3.05, 3.63) is 30.1 Å².